The van der Waals surface area contributed by atoms with Gasteiger partial charge in [0.15, 0.2) is 0 Å². The van der Waals surface area contributed by atoms with Crippen molar-refractivity contribution in [3.63, 3.8) is 0 Å². The quantitative estimate of drug-likeness (QED) is 0.882. The number of benzene rings is 1. The number of rotatable bonds is 6. The van der Waals surface area contributed by atoms with E-state index in [0.29, 0.717) is 6.54 Å². The molecule has 0 bridgehead atoms. The van der Waals surface area contributed by atoms with Gasteiger partial charge in [0, 0.05) is 35.3 Å². The van der Waals surface area contributed by atoms with Crippen molar-refractivity contribution in [2.75, 3.05) is 19.7 Å². The number of nitrogens with zero attached hydrogens (tertiary/aromatic N) is 2. The molecule has 1 aromatic carbocycles. The second-order valence-corrected chi connectivity index (χ2v) is 5.01. The zero-order chi connectivity index (χ0) is 13.7. The van der Waals surface area contributed by atoms with Crippen LogP contribution in [0.5, 0.6) is 0 Å². The standard InChI is InChI=1S/C15H19ClN2O/c1-2-8-18(9-10-19)11-13-14(16)6-5-12-4-3-7-17-15(12)13/h3-7,19H,2,8-11H2,1H3. The average molecular weight is 279 g/mol. The molecule has 2 aromatic rings. The highest BCUT2D eigenvalue weighted by molar-refractivity contribution is 6.32. The molecule has 102 valence electrons. The molecule has 0 fully saturated rings. The van der Waals surface area contributed by atoms with Gasteiger partial charge in [-0.25, -0.2) is 0 Å². The van der Waals surface area contributed by atoms with Gasteiger partial charge >= 0.3 is 0 Å². The molecule has 0 aliphatic rings. The molecule has 1 N–H and O–H groups in total. The lowest BCUT2D eigenvalue weighted by atomic mass is 10.1. The minimum atomic E-state index is 0.163. The number of pyridine rings is 1. The highest BCUT2D eigenvalue weighted by Gasteiger charge is 2.11. The van der Waals surface area contributed by atoms with Crippen LogP contribution in [0.3, 0.4) is 0 Å². The van der Waals surface area contributed by atoms with Gasteiger partial charge in [-0.05, 0) is 25.1 Å². The molecular formula is C15H19ClN2O. The van der Waals surface area contributed by atoms with Crippen LogP contribution in [-0.2, 0) is 6.54 Å². The molecule has 0 saturated carbocycles. The summed E-state index contributed by atoms with van der Waals surface area (Å²) in [5.41, 5.74) is 2.00. The van der Waals surface area contributed by atoms with Gasteiger partial charge in [-0.1, -0.05) is 30.7 Å². The molecule has 1 aromatic heterocycles. The first-order valence-corrected chi connectivity index (χ1v) is 6.99. The normalized spacial score (nSPS) is 11.4. The van der Waals surface area contributed by atoms with Crippen LogP contribution >= 0.6 is 11.6 Å². The fourth-order valence-electron chi connectivity index (χ4n) is 2.28. The summed E-state index contributed by atoms with van der Waals surface area (Å²) in [7, 11) is 0. The Kier molecular flexibility index (Phi) is 5.14. The molecule has 0 spiro atoms. The number of hydrogen-bond donors (Lipinski definition) is 1. The second kappa shape index (κ2) is 6.85. The zero-order valence-electron chi connectivity index (χ0n) is 11.1. The third-order valence-electron chi connectivity index (χ3n) is 3.16. The summed E-state index contributed by atoms with van der Waals surface area (Å²) in [5, 5.41) is 11.0. The molecule has 0 amide bonds. The Bertz CT molecular complexity index is 539. The number of fused-ring (bicyclic) bond motifs is 1. The molecule has 3 nitrogen and oxygen atoms in total. The van der Waals surface area contributed by atoms with Crippen molar-refractivity contribution in [1.82, 2.24) is 9.88 Å². The van der Waals surface area contributed by atoms with E-state index in [2.05, 4.69) is 16.8 Å². The van der Waals surface area contributed by atoms with Gasteiger partial charge in [0.1, 0.15) is 0 Å². The van der Waals surface area contributed by atoms with Crippen molar-refractivity contribution in [2.24, 2.45) is 0 Å². The van der Waals surface area contributed by atoms with E-state index in [9.17, 15) is 0 Å². The number of aromatic nitrogens is 1. The van der Waals surface area contributed by atoms with Crippen LogP contribution in [0.15, 0.2) is 30.5 Å². The molecule has 4 heteroatoms. The minimum Gasteiger partial charge on any atom is -0.395 e. The Balaban J connectivity index is 2.34. The van der Waals surface area contributed by atoms with Crippen molar-refractivity contribution in [1.29, 1.82) is 0 Å². The Hall–Kier alpha value is -1.16. The highest BCUT2D eigenvalue weighted by Crippen LogP contribution is 2.25. The fourth-order valence-corrected chi connectivity index (χ4v) is 2.49. The third-order valence-corrected chi connectivity index (χ3v) is 3.51. The molecule has 0 atom stereocenters. The second-order valence-electron chi connectivity index (χ2n) is 4.60. The number of hydrogen-bond acceptors (Lipinski definition) is 3. The number of halogens is 1. The minimum absolute atomic E-state index is 0.163. The summed E-state index contributed by atoms with van der Waals surface area (Å²) in [6.07, 6.45) is 2.84. The van der Waals surface area contributed by atoms with E-state index < -0.39 is 0 Å². The van der Waals surface area contributed by atoms with Crippen LogP contribution in [0.4, 0.5) is 0 Å². The van der Waals surface area contributed by atoms with Gasteiger partial charge in [0.2, 0.25) is 0 Å². The monoisotopic (exact) mass is 278 g/mol. The first kappa shape index (κ1) is 14.3. The molecule has 0 radical (unpaired) electrons. The van der Waals surface area contributed by atoms with Crippen LogP contribution in [0.1, 0.15) is 18.9 Å². The third kappa shape index (κ3) is 3.44. The van der Waals surface area contributed by atoms with Crippen LogP contribution < -0.4 is 0 Å². The van der Waals surface area contributed by atoms with Crippen molar-refractivity contribution in [3.05, 3.63) is 41.0 Å². The maximum atomic E-state index is 9.13. The Labute approximate surface area is 118 Å². The van der Waals surface area contributed by atoms with E-state index in [1.165, 1.54) is 0 Å². The molecular weight excluding hydrogens is 260 g/mol. The molecule has 19 heavy (non-hydrogen) atoms. The predicted molar refractivity (Wildman–Crippen MR) is 79.4 cm³/mol. The Morgan fingerprint density at radius 1 is 1.26 bits per heavy atom. The van der Waals surface area contributed by atoms with Crippen molar-refractivity contribution in [3.8, 4) is 0 Å². The SMILES string of the molecule is CCCN(CCO)Cc1c(Cl)ccc2cccnc12. The van der Waals surface area contributed by atoms with E-state index in [4.69, 9.17) is 16.7 Å². The van der Waals surface area contributed by atoms with E-state index in [-0.39, 0.29) is 6.61 Å². The van der Waals surface area contributed by atoms with Crippen LogP contribution in [0, 0.1) is 0 Å². The summed E-state index contributed by atoms with van der Waals surface area (Å²) in [4.78, 5) is 6.65. The van der Waals surface area contributed by atoms with E-state index in [0.717, 1.165) is 41.0 Å². The maximum absolute atomic E-state index is 9.13. The molecule has 0 aliphatic heterocycles. The van der Waals surface area contributed by atoms with Gasteiger partial charge in [-0.2, -0.15) is 0 Å². The fraction of sp³-hybridized carbons (Fsp3) is 0.400. The number of aliphatic hydroxyl groups excluding tert-OH is 1. The summed E-state index contributed by atoms with van der Waals surface area (Å²) < 4.78 is 0. The molecule has 0 unspecified atom stereocenters. The zero-order valence-corrected chi connectivity index (χ0v) is 11.9. The van der Waals surface area contributed by atoms with E-state index in [1.807, 2.05) is 24.3 Å². The Morgan fingerprint density at radius 3 is 2.84 bits per heavy atom. The van der Waals surface area contributed by atoms with Gasteiger partial charge in [0.05, 0.1) is 12.1 Å². The Morgan fingerprint density at radius 2 is 2.11 bits per heavy atom. The predicted octanol–water partition coefficient (Wildman–Crippen LogP) is 3.09. The topological polar surface area (TPSA) is 36.4 Å². The van der Waals surface area contributed by atoms with Crippen LogP contribution in [0.25, 0.3) is 10.9 Å². The van der Waals surface area contributed by atoms with Crippen molar-refractivity contribution < 1.29 is 5.11 Å². The summed E-state index contributed by atoms with van der Waals surface area (Å²) >= 11 is 6.32. The molecule has 0 aliphatic carbocycles. The highest BCUT2D eigenvalue weighted by atomic mass is 35.5. The first-order chi connectivity index (χ1) is 9.26. The van der Waals surface area contributed by atoms with Crippen molar-refractivity contribution >= 4 is 22.5 Å². The molecule has 0 saturated heterocycles. The van der Waals surface area contributed by atoms with Crippen LogP contribution in [0.2, 0.25) is 5.02 Å². The van der Waals surface area contributed by atoms with E-state index >= 15 is 0 Å². The summed E-state index contributed by atoms with van der Waals surface area (Å²) in [6.45, 7) is 4.62. The van der Waals surface area contributed by atoms with Crippen LogP contribution in [-0.4, -0.2) is 34.7 Å². The molecule has 2 rings (SSSR count). The average Bonchev–Trinajstić information content (AvgIpc) is 2.42. The smallest absolute Gasteiger partial charge is 0.0761 e. The van der Waals surface area contributed by atoms with E-state index in [1.54, 1.807) is 6.20 Å². The van der Waals surface area contributed by atoms with Gasteiger partial charge in [0.25, 0.3) is 0 Å². The van der Waals surface area contributed by atoms with Gasteiger partial charge in [-0.15, -0.1) is 0 Å². The summed E-state index contributed by atoms with van der Waals surface area (Å²) in [5.74, 6) is 0. The van der Waals surface area contributed by atoms with Crippen molar-refractivity contribution in [2.45, 2.75) is 19.9 Å². The lowest BCUT2D eigenvalue weighted by Crippen LogP contribution is -2.27. The lowest BCUT2D eigenvalue weighted by molar-refractivity contribution is 0.191. The maximum Gasteiger partial charge on any atom is 0.0761 e. The van der Waals surface area contributed by atoms with Gasteiger partial charge < -0.3 is 5.11 Å². The van der Waals surface area contributed by atoms with Gasteiger partial charge in [-0.3, -0.25) is 9.88 Å². The largest absolute Gasteiger partial charge is 0.395 e. The first-order valence-electron chi connectivity index (χ1n) is 6.61. The summed E-state index contributed by atoms with van der Waals surface area (Å²) in [6, 6.07) is 7.88. The number of aliphatic hydroxyl groups is 1. The molecule has 1 heterocycles. The lowest BCUT2D eigenvalue weighted by Gasteiger charge is -2.21.